The molecule has 0 radical (unpaired) electrons. The van der Waals surface area contributed by atoms with Crippen molar-refractivity contribution in [3.8, 4) is 0 Å². The van der Waals surface area contributed by atoms with Crippen LogP contribution in [0.5, 0.6) is 0 Å². The minimum Gasteiger partial charge on any atom is -0.379 e. The number of nitrogens with one attached hydrogen (secondary N) is 1. The van der Waals surface area contributed by atoms with E-state index in [9.17, 15) is 13.6 Å². The lowest BCUT2D eigenvalue weighted by molar-refractivity contribution is 0.00191. The van der Waals surface area contributed by atoms with Crippen LogP contribution in [0.1, 0.15) is 37.0 Å². The van der Waals surface area contributed by atoms with Crippen LogP contribution in [0.4, 0.5) is 8.78 Å². The Morgan fingerprint density at radius 3 is 2.29 bits per heavy atom. The SMILES string of the molecule is CCC(CC)[C@@H](CNC(=O)c1cc(F)cc(F)c1)N1CCOCC1. The number of hydrogen-bond acceptors (Lipinski definition) is 3. The highest BCUT2D eigenvalue weighted by atomic mass is 19.1. The van der Waals surface area contributed by atoms with Gasteiger partial charge < -0.3 is 10.1 Å². The molecule has 1 heterocycles. The summed E-state index contributed by atoms with van der Waals surface area (Å²) in [5.41, 5.74) is 0.0118. The number of carbonyl (C=O) groups excluding carboxylic acids is 1. The summed E-state index contributed by atoms with van der Waals surface area (Å²) in [7, 11) is 0. The number of ether oxygens (including phenoxy) is 1. The van der Waals surface area contributed by atoms with Crippen molar-refractivity contribution in [1.82, 2.24) is 10.2 Å². The predicted molar refractivity (Wildman–Crippen MR) is 88.9 cm³/mol. The van der Waals surface area contributed by atoms with Gasteiger partial charge in [-0.2, -0.15) is 0 Å². The van der Waals surface area contributed by atoms with Crippen molar-refractivity contribution in [2.24, 2.45) is 5.92 Å². The van der Waals surface area contributed by atoms with Crippen LogP contribution in [-0.2, 0) is 4.74 Å². The van der Waals surface area contributed by atoms with E-state index in [0.29, 0.717) is 25.7 Å². The first-order valence-electron chi connectivity index (χ1n) is 8.61. The summed E-state index contributed by atoms with van der Waals surface area (Å²) in [6.07, 6.45) is 2.03. The van der Waals surface area contributed by atoms with Gasteiger partial charge in [0, 0.05) is 37.3 Å². The Kier molecular flexibility index (Phi) is 7.12. The lowest BCUT2D eigenvalue weighted by atomic mass is 9.92. The predicted octanol–water partition coefficient (Wildman–Crippen LogP) is 2.83. The molecule has 0 spiro atoms. The van der Waals surface area contributed by atoms with Gasteiger partial charge in [0.2, 0.25) is 0 Å². The van der Waals surface area contributed by atoms with Gasteiger partial charge in [-0.1, -0.05) is 26.7 Å². The lowest BCUT2D eigenvalue weighted by Gasteiger charge is -2.38. The number of rotatable bonds is 7. The van der Waals surface area contributed by atoms with Crippen LogP contribution in [0.2, 0.25) is 0 Å². The van der Waals surface area contributed by atoms with Crippen LogP contribution in [0.3, 0.4) is 0 Å². The molecule has 0 bridgehead atoms. The van der Waals surface area contributed by atoms with Gasteiger partial charge in [-0.3, -0.25) is 9.69 Å². The summed E-state index contributed by atoms with van der Waals surface area (Å²) < 4.78 is 32.0. The van der Waals surface area contributed by atoms with Crippen LogP contribution in [-0.4, -0.2) is 49.7 Å². The average molecular weight is 340 g/mol. The van der Waals surface area contributed by atoms with Gasteiger partial charge in [0.05, 0.1) is 13.2 Å². The largest absolute Gasteiger partial charge is 0.379 e. The highest BCUT2D eigenvalue weighted by Gasteiger charge is 2.27. The lowest BCUT2D eigenvalue weighted by Crippen LogP contribution is -2.52. The first-order valence-corrected chi connectivity index (χ1v) is 8.61. The quantitative estimate of drug-likeness (QED) is 0.830. The third-order valence-corrected chi connectivity index (χ3v) is 4.70. The van der Waals surface area contributed by atoms with E-state index in [-0.39, 0.29) is 11.6 Å². The van der Waals surface area contributed by atoms with Crippen molar-refractivity contribution < 1.29 is 18.3 Å². The molecule has 1 aromatic carbocycles. The molecule has 6 heteroatoms. The van der Waals surface area contributed by atoms with Crippen molar-refractivity contribution in [3.63, 3.8) is 0 Å². The number of nitrogens with zero attached hydrogens (tertiary/aromatic N) is 1. The number of morpholine rings is 1. The van der Waals surface area contributed by atoms with Gasteiger partial charge in [-0.25, -0.2) is 8.78 Å². The fourth-order valence-electron chi connectivity index (χ4n) is 3.32. The third kappa shape index (κ3) is 4.98. The molecule has 1 aliphatic heterocycles. The monoisotopic (exact) mass is 340 g/mol. The van der Waals surface area contributed by atoms with E-state index in [2.05, 4.69) is 24.1 Å². The second kappa shape index (κ2) is 9.08. The molecule has 0 unspecified atom stereocenters. The maximum atomic E-state index is 13.3. The number of benzene rings is 1. The van der Waals surface area contributed by atoms with Gasteiger partial charge in [-0.05, 0) is 18.1 Å². The molecule has 1 fully saturated rings. The third-order valence-electron chi connectivity index (χ3n) is 4.70. The van der Waals surface area contributed by atoms with Gasteiger partial charge in [0.15, 0.2) is 0 Å². The Labute approximate surface area is 142 Å². The van der Waals surface area contributed by atoms with E-state index in [1.54, 1.807) is 0 Å². The minimum atomic E-state index is -0.745. The first kappa shape index (κ1) is 18.8. The van der Waals surface area contributed by atoms with Crippen LogP contribution < -0.4 is 5.32 Å². The molecular formula is C18H26F2N2O2. The maximum Gasteiger partial charge on any atom is 0.251 e. The molecule has 24 heavy (non-hydrogen) atoms. The number of amides is 1. The highest BCUT2D eigenvalue weighted by molar-refractivity contribution is 5.94. The number of hydrogen-bond donors (Lipinski definition) is 1. The van der Waals surface area contributed by atoms with Gasteiger partial charge >= 0.3 is 0 Å². The summed E-state index contributed by atoms with van der Waals surface area (Å²) >= 11 is 0. The Morgan fingerprint density at radius 2 is 1.75 bits per heavy atom. The topological polar surface area (TPSA) is 41.6 Å². The van der Waals surface area contributed by atoms with Crippen LogP contribution >= 0.6 is 0 Å². The van der Waals surface area contributed by atoms with Crippen LogP contribution in [0.15, 0.2) is 18.2 Å². The molecule has 1 atom stereocenters. The summed E-state index contributed by atoms with van der Waals surface area (Å²) in [5, 5.41) is 2.85. The number of carbonyl (C=O) groups is 1. The second-order valence-electron chi connectivity index (χ2n) is 6.16. The highest BCUT2D eigenvalue weighted by Crippen LogP contribution is 2.20. The molecular weight excluding hydrogens is 314 g/mol. The smallest absolute Gasteiger partial charge is 0.251 e. The van der Waals surface area contributed by atoms with E-state index in [4.69, 9.17) is 4.74 Å². The second-order valence-corrected chi connectivity index (χ2v) is 6.16. The molecule has 0 saturated carbocycles. The van der Waals surface area contributed by atoms with Gasteiger partial charge in [0.1, 0.15) is 11.6 Å². The summed E-state index contributed by atoms with van der Waals surface area (Å²) in [6, 6.07) is 3.07. The van der Waals surface area contributed by atoms with E-state index in [0.717, 1.165) is 44.1 Å². The first-order chi connectivity index (χ1) is 11.5. The van der Waals surface area contributed by atoms with E-state index in [1.807, 2.05) is 0 Å². The molecule has 2 rings (SSSR count). The van der Waals surface area contributed by atoms with Crippen molar-refractivity contribution in [2.45, 2.75) is 32.7 Å². The number of halogens is 2. The standard InChI is InChI=1S/C18H26F2N2O2/c1-3-13(4-2)17(22-5-7-24-8-6-22)12-21-18(23)14-9-15(19)11-16(20)10-14/h9-11,13,17H,3-8,12H2,1-2H3,(H,21,23)/t17-/m1/s1. The fraction of sp³-hybridized carbons (Fsp3) is 0.611. The molecule has 0 aliphatic carbocycles. The zero-order valence-corrected chi connectivity index (χ0v) is 14.4. The van der Waals surface area contributed by atoms with Crippen molar-refractivity contribution in [3.05, 3.63) is 35.4 Å². The van der Waals surface area contributed by atoms with Crippen LogP contribution in [0, 0.1) is 17.6 Å². The molecule has 1 aliphatic rings. The van der Waals surface area contributed by atoms with E-state index < -0.39 is 17.5 Å². The molecule has 1 N–H and O–H groups in total. The Morgan fingerprint density at radius 1 is 1.17 bits per heavy atom. The maximum absolute atomic E-state index is 13.3. The zero-order chi connectivity index (χ0) is 17.5. The average Bonchev–Trinajstić information content (AvgIpc) is 2.58. The van der Waals surface area contributed by atoms with Gasteiger partial charge in [-0.15, -0.1) is 0 Å². The van der Waals surface area contributed by atoms with E-state index >= 15 is 0 Å². The van der Waals surface area contributed by atoms with Crippen molar-refractivity contribution in [2.75, 3.05) is 32.8 Å². The Hall–Kier alpha value is -1.53. The van der Waals surface area contributed by atoms with E-state index in [1.165, 1.54) is 0 Å². The molecule has 0 aromatic heterocycles. The van der Waals surface area contributed by atoms with Crippen molar-refractivity contribution in [1.29, 1.82) is 0 Å². The molecule has 134 valence electrons. The summed E-state index contributed by atoms with van der Waals surface area (Å²) in [5.74, 6) is -1.49. The van der Waals surface area contributed by atoms with Crippen molar-refractivity contribution >= 4 is 5.91 Å². The molecule has 1 aromatic rings. The minimum absolute atomic E-state index is 0.0118. The Balaban J connectivity index is 2.04. The fourth-order valence-corrected chi connectivity index (χ4v) is 3.32. The van der Waals surface area contributed by atoms with Crippen LogP contribution in [0.25, 0.3) is 0 Å². The normalized spacial score (nSPS) is 17.0. The zero-order valence-electron chi connectivity index (χ0n) is 14.4. The molecule has 1 amide bonds. The summed E-state index contributed by atoms with van der Waals surface area (Å²) in [6.45, 7) is 7.82. The summed E-state index contributed by atoms with van der Waals surface area (Å²) in [4.78, 5) is 14.6. The molecule has 4 nitrogen and oxygen atoms in total. The van der Waals surface area contributed by atoms with Gasteiger partial charge in [0.25, 0.3) is 5.91 Å². The molecule has 1 saturated heterocycles. The Bertz CT molecular complexity index is 524.